The lowest BCUT2D eigenvalue weighted by Gasteiger charge is -2.26. The minimum absolute atomic E-state index is 0.938. The Bertz CT molecular complexity index is 671. The fourth-order valence-electron chi connectivity index (χ4n) is 3.52. The zero-order chi connectivity index (χ0) is 17.6. The molecule has 0 saturated heterocycles. The lowest BCUT2D eigenvalue weighted by molar-refractivity contribution is 0.328. The predicted octanol–water partition coefficient (Wildman–Crippen LogP) is 2.65. The van der Waals surface area contributed by atoms with Crippen molar-refractivity contribution in [3.63, 3.8) is 0 Å². The molecule has 2 heterocycles. The third-order valence-corrected chi connectivity index (χ3v) is 5.00. The molecule has 134 valence electrons. The minimum Gasteiger partial charge on any atom is -0.356 e. The van der Waals surface area contributed by atoms with Gasteiger partial charge in [-0.15, -0.1) is 0 Å². The highest BCUT2D eigenvalue weighted by Gasteiger charge is 2.18. The minimum atomic E-state index is 0.938. The van der Waals surface area contributed by atoms with Gasteiger partial charge >= 0.3 is 0 Å². The van der Waals surface area contributed by atoms with Crippen molar-refractivity contribution in [1.29, 1.82) is 0 Å². The fourth-order valence-corrected chi connectivity index (χ4v) is 3.52. The van der Waals surface area contributed by atoms with E-state index in [0.717, 1.165) is 51.3 Å². The summed E-state index contributed by atoms with van der Waals surface area (Å²) in [6.45, 7) is 7.15. The number of rotatable bonds is 6. The molecule has 0 atom stereocenters. The largest absolute Gasteiger partial charge is 0.356 e. The maximum atomic E-state index is 4.92. The van der Waals surface area contributed by atoms with Crippen LogP contribution in [0.4, 0.5) is 5.82 Å². The van der Waals surface area contributed by atoms with Crippen LogP contribution in [0.25, 0.3) is 0 Å². The lowest BCUT2D eigenvalue weighted by Crippen LogP contribution is -2.31. The van der Waals surface area contributed by atoms with Crippen LogP contribution in [-0.4, -0.2) is 50.2 Å². The third-order valence-electron chi connectivity index (χ3n) is 5.00. The van der Waals surface area contributed by atoms with Gasteiger partial charge in [-0.1, -0.05) is 30.3 Å². The molecule has 2 aromatic rings. The number of pyridine rings is 1. The van der Waals surface area contributed by atoms with Gasteiger partial charge in [0.1, 0.15) is 5.82 Å². The average molecular weight is 338 g/mol. The predicted molar refractivity (Wildman–Crippen MR) is 105 cm³/mol. The molecule has 0 aliphatic carbocycles. The molecule has 4 heteroatoms. The number of hydrogen-bond donors (Lipinski definition) is 1. The van der Waals surface area contributed by atoms with Gasteiger partial charge in [-0.2, -0.15) is 0 Å². The topological polar surface area (TPSA) is 31.4 Å². The van der Waals surface area contributed by atoms with E-state index in [-0.39, 0.29) is 0 Å². The van der Waals surface area contributed by atoms with E-state index >= 15 is 0 Å². The Morgan fingerprint density at radius 2 is 1.76 bits per heavy atom. The van der Waals surface area contributed by atoms with Crippen molar-refractivity contribution in [1.82, 2.24) is 15.2 Å². The smallest absolute Gasteiger partial charge is 0.133 e. The van der Waals surface area contributed by atoms with Gasteiger partial charge in [-0.05, 0) is 51.1 Å². The van der Waals surface area contributed by atoms with Gasteiger partial charge in [0.2, 0.25) is 0 Å². The monoisotopic (exact) mass is 338 g/mol. The molecule has 0 amide bonds. The SMILES string of the molecule is CNCCN(C)Cc1ccc(C)nc1N1CCc2ccccc2CC1. The molecule has 1 N–H and O–H groups in total. The zero-order valence-electron chi connectivity index (χ0n) is 15.8. The van der Waals surface area contributed by atoms with Crippen molar-refractivity contribution in [2.45, 2.75) is 26.3 Å². The zero-order valence-corrected chi connectivity index (χ0v) is 15.8. The molecule has 0 bridgehead atoms. The summed E-state index contributed by atoms with van der Waals surface area (Å²) in [6.07, 6.45) is 2.20. The number of aromatic nitrogens is 1. The summed E-state index contributed by atoms with van der Waals surface area (Å²) >= 11 is 0. The van der Waals surface area contributed by atoms with E-state index in [4.69, 9.17) is 4.98 Å². The lowest BCUT2D eigenvalue weighted by atomic mass is 10.0. The molecule has 0 fully saturated rings. The first-order valence-corrected chi connectivity index (χ1v) is 9.29. The number of aryl methyl sites for hydroxylation is 1. The molecular weight excluding hydrogens is 308 g/mol. The summed E-state index contributed by atoms with van der Waals surface area (Å²) in [7, 11) is 4.18. The highest BCUT2D eigenvalue weighted by atomic mass is 15.2. The van der Waals surface area contributed by atoms with Crippen molar-refractivity contribution in [2.75, 3.05) is 45.2 Å². The van der Waals surface area contributed by atoms with Gasteiger partial charge in [0, 0.05) is 44.0 Å². The van der Waals surface area contributed by atoms with E-state index in [1.165, 1.54) is 22.5 Å². The Balaban J connectivity index is 1.78. The van der Waals surface area contributed by atoms with Gasteiger partial charge < -0.3 is 15.1 Å². The Hall–Kier alpha value is -1.91. The van der Waals surface area contributed by atoms with E-state index in [2.05, 4.69) is 65.5 Å². The van der Waals surface area contributed by atoms with Gasteiger partial charge in [-0.25, -0.2) is 4.98 Å². The van der Waals surface area contributed by atoms with Crippen LogP contribution in [0, 0.1) is 6.92 Å². The second kappa shape index (κ2) is 8.45. The number of anilines is 1. The molecule has 25 heavy (non-hydrogen) atoms. The average Bonchev–Trinajstić information content (AvgIpc) is 2.84. The van der Waals surface area contributed by atoms with Crippen molar-refractivity contribution in [3.8, 4) is 0 Å². The number of nitrogens with zero attached hydrogens (tertiary/aromatic N) is 3. The summed E-state index contributed by atoms with van der Waals surface area (Å²) in [5, 5.41) is 3.22. The normalized spacial score (nSPS) is 14.5. The molecule has 3 rings (SSSR count). The van der Waals surface area contributed by atoms with Gasteiger partial charge in [-0.3, -0.25) is 0 Å². The van der Waals surface area contributed by atoms with Crippen molar-refractivity contribution < 1.29 is 0 Å². The molecular formula is C21H30N4. The van der Waals surface area contributed by atoms with Crippen LogP contribution >= 0.6 is 0 Å². The summed E-state index contributed by atoms with van der Waals surface area (Å²) < 4.78 is 0. The maximum absolute atomic E-state index is 4.92. The fraction of sp³-hybridized carbons (Fsp3) is 0.476. The molecule has 1 aliphatic heterocycles. The van der Waals surface area contributed by atoms with E-state index < -0.39 is 0 Å². The molecule has 1 aromatic heterocycles. The van der Waals surface area contributed by atoms with Crippen LogP contribution in [-0.2, 0) is 19.4 Å². The van der Waals surface area contributed by atoms with Crippen LogP contribution in [0.2, 0.25) is 0 Å². The second-order valence-corrected chi connectivity index (χ2v) is 7.03. The van der Waals surface area contributed by atoms with Crippen LogP contribution < -0.4 is 10.2 Å². The van der Waals surface area contributed by atoms with Crippen LogP contribution in [0.5, 0.6) is 0 Å². The molecule has 0 unspecified atom stereocenters. The maximum Gasteiger partial charge on any atom is 0.133 e. The first kappa shape index (κ1) is 17.9. The highest BCUT2D eigenvalue weighted by Crippen LogP contribution is 2.24. The van der Waals surface area contributed by atoms with E-state index in [1.807, 2.05) is 7.05 Å². The number of likely N-dealkylation sites (N-methyl/N-ethyl adjacent to an activating group) is 2. The van der Waals surface area contributed by atoms with Crippen molar-refractivity contribution in [2.24, 2.45) is 0 Å². The van der Waals surface area contributed by atoms with Gasteiger partial charge in [0.05, 0.1) is 0 Å². The van der Waals surface area contributed by atoms with Crippen LogP contribution in [0.3, 0.4) is 0 Å². The molecule has 1 aliphatic rings. The van der Waals surface area contributed by atoms with E-state index in [9.17, 15) is 0 Å². The third kappa shape index (κ3) is 4.59. The summed E-state index contributed by atoms with van der Waals surface area (Å²) in [5.74, 6) is 1.17. The van der Waals surface area contributed by atoms with Gasteiger partial charge in [0.15, 0.2) is 0 Å². The molecule has 1 aromatic carbocycles. The number of hydrogen-bond acceptors (Lipinski definition) is 4. The Morgan fingerprint density at radius 1 is 1.08 bits per heavy atom. The van der Waals surface area contributed by atoms with E-state index in [0.29, 0.717) is 0 Å². The number of nitrogens with one attached hydrogen (secondary N) is 1. The first-order valence-electron chi connectivity index (χ1n) is 9.29. The van der Waals surface area contributed by atoms with Crippen molar-refractivity contribution in [3.05, 3.63) is 58.8 Å². The quantitative estimate of drug-likeness (QED) is 0.877. The summed E-state index contributed by atoms with van der Waals surface area (Å²) in [4.78, 5) is 9.76. The van der Waals surface area contributed by atoms with E-state index in [1.54, 1.807) is 0 Å². The summed E-state index contributed by atoms with van der Waals surface area (Å²) in [5.41, 5.74) is 5.41. The number of benzene rings is 1. The first-order chi connectivity index (χ1) is 12.2. The Labute approximate surface area is 151 Å². The summed E-state index contributed by atoms with van der Waals surface area (Å²) in [6, 6.07) is 13.2. The van der Waals surface area contributed by atoms with Crippen LogP contribution in [0.1, 0.15) is 22.4 Å². The molecule has 0 saturated carbocycles. The second-order valence-electron chi connectivity index (χ2n) is 7.03. The Kier molecular flexibility index (Phi) is 6.05. The number of fused-ring (bicyclic) bond motifs is 1. The standard InChI is InChI=1S/C21H30N4/c1-17-8-9-20(16-24(3)15-12-22-2)21(23-17)25-13-10-18-6-4-5-7-19(18)11-14-25/h4-9,22H,10-16H2,1-3H3. The molecule has 0 spiro atoms. The van der Waals surface area contributed by atoms with Gasteiger partial charge in [0.25, 0.3) is 0 Å². The van der Waals surface area contributed by atoms with Crippen molar-refractivity contribution >= 4 is 5.82 Å². The molecule has 4 nitrogen and oxygen atoms in total. The van der Waals surface area contributed by atoms with Crippen LogP contribution in [0.15, 0.2) is 36.4 Å². The Morgan fingerprint density at radius 3 is 2.40 bits per heavy atom. The molecule has 0 radical (unpaired) electrons. The highest BCUT2D eigenvalue weighted by molar-refractivity contribution is 5.49.